The van der Waals surface area contributed by atoms with Crippen LogP contribution in [0.15, 0.2) is 30.3 Å². The molecule has 0 saturated carbocycles. The van der Waals surface area contributed by atoms with Crippen LogP contribution in [0.5, 0.6) is 0 Å². The Morgan fingerprint density at radius 3 is 2.25 bits per heavy atom. The highest BCUT2D eigenvalue weighted by Gasteiger charge is 2.14. The molecule has 0 heterocycles. The number of benzene rings is 1. The average molecular weight is 273 g/mol. The van der Waals surface area contributed by atoms with E-state index in [1.807, 2.05) is 0 Å². The van der Waals surface area contributed by atoms with Gasteiger partial charge in [0, 0.05) is 0 Å². The van der Waals surface area contributed by atoms with E-state index in [-0.39, 0.29) is 0 Å². The molecule has 20 heavy (non-hydrogen) atoms. The van der Waals surface area contributed by atoms with Crippen LogP contribution >= 0.6 is 0 Å². The molecule has 0 amide bonds. The van der Waals surface area contributed by atoms with E-state index in [0.29, 0.717) is 0 Å². The Balaban J connectivity index is 2.25. The second-order valence-electron chi connectivity index (χ2n) is 6.62. The van der Waals surface area contributed by atoms with E-state index in [1.165, 1.54) is 50.5 Å². The predicted octanol–water partition coefficient (Wildman–Crippen LogP) is 6.46. The lowest BCUT2D eigenvalue weighted by Crippen LogP contribution is -2.09. The van der Waals surface area contributed by atoms with Crippen LogP contribution in [0.1, 0.15) is 71.8 Å². The summed E-state index contributed by atoms with van der Waals surface area (Å²) < 4.78 is 0. The van der Waals surface area contributed by atoms with Crippen LogP contribution in [-0.4, -0.2) is 0 Å². The molecule has 0 heteroatoms. The molecule has 1 aromatic carbocycles. The largest absolute Gasteiger partial charge is 0.0654 e. The molecule has 0 aliphatic heterocycles. The highest BCUT2D eigenvalue weighted by atomic mass is 14.2. The Morgan fingerprint density at radius 1 is 0.950 bits per heavy atom. The second-order valence-corrected chi connectivity index (χ2v) is 6.62. The Morgan fingerprint density at radius 2 is 1.65 bits per heavy atom. The zero-order valence-electron chi connectivity index (χ0n) is 14.0. The van der Waals surface area contributed by atoms with E-state index in [9.17, 15) is 0 Å². The lowest BCUT2D eigenvalue weighted by Gasteiger charge is -2.22. The molecule has 0 aliphatic rings. The fourth-order valence-electron chi connectivity index (χ4n) is 2.86. The highest BCUT2D eigenvalue weighted by Crippen LogP contribution is 2.27. The number of rotatable bonds is 10. The standard InChI is InChI=1S/C20H33/c1-5-6-12-20(17(2)3)16-14-18(4)13-15-19-10-8-7-9-11-19/h7-11,18,20H,5-6,12-16H2,1-4H3. The molecule has 0 N–H and O–H groups in total. The predicted molar refractivity (Wildman–Crippen MR) is 90.8 cm³/mol. The molecule has 0 nitrogen and oxygen atoms in total. The minimum atomic E-state index is 0.846. The van der Waals surface area contributed by atoms with Gasteiger partial charge in [-0.2, -0.15) is 0 Å². The van der Waals surface area contributed by atoms with E-state index >= 15 is 0 Å². The topological polar surface area (TPSA) is 0 Å². The smallest absolute Gasteiger partial charge is 0.0272 e. The van der Waals surface area contributed by atoms with Gasteiger partial charge in [0.2, 0.25) is 0 Å². The summed E-state index contributed by atoms with van der Waals surface area (Å²) >= 11 is 0. The van der Waals surface area contributed by atoms with Crippen molar-refractivity contribution in [3.63, 3.8) is 0 Å². The molecule has 0 bridgehead atoms. The van der Waals surface area contributed by atoms with E-state index in [1.54, 1.807) is 5.92 Å². The van der Waals surface area contributed by atoms with E-state index in [0.717, 1.165) is 11.8 Å². The molecular weight excluding hydrogens is 240 g/mol. The minimum Gasteiger partial charge on any atom is -0.0654 e. The van der Waals surface area contributed by atoms with Crippen LogP contribution in [0, 0.1) is 17.8 Å². The van der Waals surface area contributed by atoms with E-state index in [4.69, 9.17) is 0 Å². The van der Waals surface area contributed by atoms with Gasteiger partial charge in [0.25, 0.3) is 0 Å². The van der Waals surface area contributed by atoms with Crippen molar-refractivity contribution in [1.29, 1.82) is 0 Å². The van der Waals surface area contributed by atoms with Crippen molar-refractivity contribution in [2.45, 2.75) is 72.6 Å². The first-order chi connectivity index (χ1) is 9.63. The normalized spacial score (nSPS) is 14.4. The van der Waals surface area contributed by atoms with E-state index in [2.05, 4.69) is 58.0 Å². The van der Waals surface area contributed by atoms with Crippen molar-refractivity contribution >= 4 is 0 Å². The second kappa shape index (κ2) is 10.0. The SMILES string of the molecule is CCCCC(CCC(C)CCc1ccccc1)[C](C)C. The molecule has 0 fully saturated rings. The molecule has 0 aliphatic carbocycles. The Labute approximate surface area is 127 Å². The molecule has 2 unspecified atom stereocenters. The maximum Gasteiger partial charge on any atom is -0.0272 e. The van der Waals surface area contributed by atoms with Gasteiger partial charge in [-0.05, 0) is 49.0 Å². The molecule has 0 aromatic heterocycles. The first kappa shape index (κ1) is 17.3. The molecular formula is C20H33. The molecule has 0 saturated heterocycles. The number of aryl methyl sites for hydroxylation is 1. The third-order valence-electron chi connectivity index (χ3n) is 4.50. The number of unbranched alkanes of at least 4 members (excludes halogenated alkanes) is 1. The van der Waals surface area contributed by atoms with Crippen LogP contribution in [0.2, 0.25) is 0 Å². The minimum absolute atomic E-state index is 0.846. The van der Waals surface area contributed by atoms with Gasteiger partial charge < -0.3 is 0 Å². The molecule has 113 valence electrons. The van der Waals surface area contributed by atoms with Gasteiger partial charge in [0.15, 0.2) is 0 Å². The highest BCUT2D eigenvalue weighted by molar-refractivity contribution is 5.14. The fourth-order valence-corrected chi connectivity index (χ4v) is 2.86. The summed E-state index contributed by atoms with van der Waals surface area (Å²) in [6.07, 6.45) is 9.43. The van der Waals surface area contributed by atoms with Crippen molar-refractivity contribution < 1.29 is 0 Å². The summed E-state index contributed by atoms with van der Waals surface area (Å²) in [7, 11) is 0. The Bertz CT molecular complexity index is 325. The fraction of sp³-hybridized carbons (Fsp3) is 0.650. The van der Waals surface area contributed by atoms with Crippen molar-refractivity contribution in [3.05, 3.63) is 41.8 Å². The van der Waals surface area contributed by atoms with Gasteiger partial charge in [0.05, 0.1) is 0 Å². The first-order valence-electron chi connectivity index (χ1n) is 8.47. The molecule has 1 aromatic rings. The summed E-state index contributed by atoms with van der Waals surface area (Å²) in [5.74, 6) is 3.33. The van der Waals surface area contributed by atoms with Gasteiger partial charge in [0.1, 0.15) is 0 Å². The van der Waals surface area contributed by atoms with Crippen molar-refractivity contribution in [2.24, 2.45) is 11.8 Å². The first-order valence-corrected chi connectivity index (χ1v) is 8.47. The Hall–Kier alpha value is -0.780. The maximum absolute atomic E-state index is 2.42. The van der Waals surface area contributed by atoms with Crippen LogP contribution in [0.4, 0.5) is 0 Å². The van der Waals surface area contributed by atoms with Crippen LogP contribution in [0.25, 0.3) is 0 Å². The van der Waals surface area contributed by atoms with Crippen LogP contribution in [-0.2, 0) is 6.42 Å². The summed E-state index contributed by atoms with van der Waals surface area (Å²) in [5, 5.41) is 0. The lowest BCUT2D eigenvalue weighted by molar-refractivity contribution is 0.381. The zero-order valence-corrected chi connectivity index (χ0v) is 14.0. The van der Waals surface area contributed by atoms with Gasteiger partial charge in [-0.1, -0.05) is 77.3 Å². The quantitative estimate of drug-likeness (QED) is 0.459. The van der Waals surface area contributed by atoms with Crippen molar-refractivity contribution in [2.75, 3.05) is 0 Å². The summed E-state index contributed by atoms with van der Waals surface area (Å²) in [5.41, 5.74) is 1.49. The summed E-state index contributed by atoms with van der Waals surface area (Å²) in [4.78, 5) is 0. The molecule has 1 radical (unpaired) electrons. The van der Waals surface area contributed by atoms with Gasteiger partial charge >= 0.3 is 0 Å². The summed E-state index contributed by atoms with van der Waals surface area (Å²) in [6, 6.07) is 10.9. The van der Waals surface area contributed by atoms with Crippen molar-refractivity contribution in [3.8, 4) is 0 Å². The van der Waals surface area contributed by atoms with Gasteiger partial charge in [-0.3, -0.25) is 0 Å². The van der Waals surface area contributed by atoms with Crippen LogP contribution in [0.3, 0.4) is 0 Å². The molecule has 2 atom stereocenters. The number of hydrogen-bond donors (Lipinski definition) is 0. The maximum atomic E-state index is 2.42. The lowest BCUT2D eigenvalue weighted by atomic mass is 9.84. The third-order valence-corrected chi connectivity index (χ3v) is 4.50. The molecule has 1 rings (SSSR count). The molecule has 0 spiro atoms. The van der Waals surface area contributed by atoms with Crippen molar-refractivity contribution in [1.82, 2.24) is 0 Å². The Kier molecular flexibility index (Phi) is 8.65. The van der Waals surface area contributed by atoms with Crippen LogP contribution < -0.4 is 0 Å². The van der Waals surface area contributed by atoms with Gasteiger partial charge in [-0.25, -0.2) is 0 Å². The van der Waals surface area contributed by atoms with E-state index < -0.39 is 0 Å². The monoisotopic (exact) mass is 273 g/mol. The zero-order chi connectivity index (χ0) is 14.8. The average Bonchev–Trinajstić information content (AvgIpc) is 2.46. The van der Waals surface area contributed by atoms with Gasteiger partial charge in [-0.15, -0.1) is 0 Å². The third kappa shape index (κ3) is 7.12. The number of hydrogen-bond acceptors (Lipinski definition) is 0. The summed E-state index contributed by atoms with van der Waals surface area (Å²) in [6.45, 7) is 9.35.